The molecule has 2 aliphatic rings. The van der Waals surface area contributed by atoms with Gasteiger partial charge < -0.3 is 26.0 Å². The third-order valence-electron chi connectivity index (χ3n) is 6.91. The van der Waals surface area contributed by atoms with Gasteiger partial charge in [0.1, 0.15) is 18.5 Å². The minimum absolute atomic E-state index is 0.0789. The summed E-state index contributed by atoms with van der Waals surface area (Å²) in [6.07, 6.45) is 2.18. The number of nitrogens with one attached hydrogen (secondary N) is 1. The maximum Gasteiger partial charge on any atom is 0.199 e. The Morgan fingerprint density at radius 1 is 0.944 bits per heavy atom. The molecule has 8 nitrogen and oxygen atoms in total. The van der Waals surface area contributed by atoms with Crippen LogP contribution in [-0.4, -0.2) is 33.6 Å². The van der Waals surface area contributed by atoms with Crippen molar-refractivity contribution in [3.8, 4) is 5.75 Å². The molecule has 2 unspecified atom stereocenters. The van der Waals surface area contributed by atoms with E-state index in [-0.39, 0.29) is 6.04 Å². The van der Waals surface area contributed by atoms with Gasteiger partial charge in [0.2, 0.25) is 0 Å². The van der Waals surface area contributed by atoms with E-state index in [1.54, 1.807) is 6.20 Å². The van der Waals surface area contributed by atoms with Gasteiger partial charge in [-0.25, -0.2) is 0 Å². The van der Waals surface area contributed by atoms with Gasteiger partial charge in [-0.2, -0.15) is 10.1 Å². The van der Waals surface area contributed by atoms with E-state index in [2.05, 4.69) is 68.6 Å². The van der Waals surface area contributed by atoms with Crippen LogP contribution in [0.25, 0.3) is 0 Å². The molecule has 0 fully saturated rings. The Bertz CT molecular complexity index is 1370. The largest absolute Gasteiger partial charge is 0.489 e. The minimum atomic E-state index is -0.394. The van der Waals surface area contributed by atoms with Gasteiger partial charge in [-0.05, 0) is 41.3 Å². The van der Waals surface area contributed by atoms with Crippen LogP contribution in [-0.2, 0) is 19.6 Å². The lowest BCUT2D eigenvalue weighted by atomic mass is 9.95. The quantitative estimate of drug-likeness (QED) is 0.388. The predicted octanol–water partition coefficient (Wildman–Crippen LogP) is 3.84. The van der Waals surface area contributed by atoms with Crippen LogP contribution in [0.1, 0.15) is 28.4 Å². The number of guanidine groups is 1. The lowest BCUT2D eigenvalue weighted by Crippen LogP contribution is -2.56. The molecule has 0 saturated carbocycles. The molecule has 3 aromatic carbocycles. The molecule has 0 radical (unpaired) electrons. The third-order valence-corrected chi connectivity index (χ3v) is 6.91. The fourth-order valence-electron chi connectivity index (χ4n) is 5.12. The van der Waals surface area contributed by atoms with Crippen molar-refractivity contribution < 1.29 is 4.74 Å². The highest BCUT2D eigenvalue weighted by molar-refractivity contribution is 5.84. The summed E-state index contributed by atoms with van der Waals surface area (Å²) >= 11 is 0. The van der Waals surface area contributed by atoms with Crippen LogP contribution in [0.4, 0.5) is 11.5 Å². The second-order valence-corrected chi connectivity index (χ2v) is 9.28. The number of benzene rings is 3. The molecule has 1 aromatic heterocycles. The van der Waals surface area contributed by atoms with Gasteiger partial charge in [0, 0.05) is 18.8 Å². The average Bonchev–Trinajstić information content (AvgIpc) is 3.38. The molecule has 8 heteroatoms. The zero-order chi connectivity index (χ0) is 24.5. The van der Waals surface area contributed by atoms with E-state index in [1.165, 1.54) is 16.8 Å². The summed E-state index contributed by atoms with van der Waals surface area (Å²) in [5.74, 6) is 1.92. The second kappa shape index (κ2) is 9.39. The van der Waals surface area contributed by atoms with Crippen molar-refractivity contribution in [2.75, 3.05) is 11.4 Å². The zero-order valence-electron chi connectivity index (χ0n) is 19.9. The van der Waals surface area contributed by atoms with E-state index in [4.69, 9.17) is 16.2 Å². The van der Waals surface area contributed by atoms with Crippen molar-refractivity contribution in [2.24, 2.45) is 16.5 Å². The van der Waals surface area contributed by atoms with Crippen molar-refractivity contribution in [1.82, 2.24) is 15.1 Å². The monoisotopic (exact) mass is 479 g/mol. The van der Waals surface area contributed by atoms with Crippen LogP contribution >= 0.6 is 0 Å². The number of aromatic nitrogens is 2. The molecule has 5 N–H and O–H groups in total. The van der Waals surface area contributed by atoms with E-state index >= 15 is 0 Å². The summed E-state index contributed by atoms with van der Waals surface area (Å²) in [5, 5.41) is 6.97. The zero-order valence-corrected chi connectivity index (χ0v) is 19.9. The minimum Gasteiger partial charge on any atom is -0.489 e. The number of ether oxygens (including phenoxy) is 1. The molecule has 36 heavy (non-hydrogen) atoms. The Hall–Kier alpha value is -4.30. The number of para-hydroxylation sites is 1. The summed E-state index contributed by atoms with van der Waals surface area (Å²) in [6.45, 7) is 2.10. The smallest absolute Gasteiger partial charge is 0.199 e. The highest BCUT2D eigenvalue weighted by atomic mass is 16.5. The Labute approximate surface area is 210 Å². The van der Waals surface area contributed by atoms with Gasteiger partial charge in [0.25, 0.3) is 0 Å². The van der Waals surface area contributed by atoms with Crippen LogP contribution in [0, 0.1) is 0 Å². The number of H-pyrrole nitrogens is 1. The highest BCUT2D eigenvalue weighted by Gasteiger charge is 2.36. The molecule has 0 bridgehead atoms. The Balaban J connectivity index is 1.20. The first-order chi connectivity index (χ1) is 17.7. The van der Waals surface area contributed by atoms with E-state index in [9.17, 15) is 0 Å². The number of aliphatic imine (C=N–C) groups is 1. The average molecular weight is 480 g/mol. The van der Waals surface area contributed by atoms with Crippen LogP contribution in [0.3, 0.4) is 0 Å². The summed E-state index contributed by atoms with van der Waals surface area (Å²) in [6, 6.07) is 27.2. The van der Waals surface area contributed by atoms with Crippen LogP contribution < -0.4 is 21.1 Å². The fraction of sp³-hybridized carbons (Fsp3) is 0.214. The first-order valence-corrected chi connectivity index (χ1v) is 12.2. The number of hydrogen-bond donors (Lipinski definition) is 3. The van der Waals surface area contributed by atoms with Gasteiger partial charge in [0.15, 0.2) is 11.8 Å². The maximum absolute atomic E-state index is 6.63. The fourth-order valence-corrected chi connectivity index (χ4v) is 5.12. The second-order valence-electron chi connectivity index (χ2n) is 9.28. The number of hydrogen-bond acceptors (Lipinski definition) is 7. The molecule has 3 heterocycles. The first-order valence-electron chi connectivity index (χ1n) is 12.2. The molecule has 0 amide bonds. The molecule has 2 atom stereocenters. The summed E-state index contributed by atoms with van der Waals surface area (Å²) in [7, 11) is 0. The van der Waals surface area contributed by atoms with Crippen molar-refractivity contribution in [2.45, 2.75) is 31.8 Å². The molecular formula is C28H29N7O. The number of nitrogens with two attached hydrogens (primary N) is 2. The maximum atomic E-state index is 6.63. The lowest BCUT2D eigenvalue weighted by Gasteiger charge is -2.44. The van der Waals surface area contributed by atoms with Gasteiger partial charge >= 0.3 is 0 Å². The van der Waals surface area contributed by atoms with Crippen molar-refractivity contribution in [3.63, 3.8) is 0 Å². The van der Waals surface area contributed by atoms with Crippen LogP contribution in [0.5, 0.6) is 5.75 Å². The lowest BCUT2D eigenvalue weighted by molar-refractivity contribution is 0.229. The number of nitrogens with zero attached hydrogens (tertiary/aromatic N) is 4. The predicted molar refractivity (Wildman–Crippen MR) is 141 cm³/mol. The number of aromatic amines is 1. The topological polar surface area (TPSA) is 109 Å². The SMILES string of the molecule is NC1=Nc2[nH]ncc2C(N)N1C1Cc2ccccc2N(Cc2ccc(OCc3ccccc3)cc2)C1. The molecule has 6 rings (SSSR count). The molecule has 2 aliphatic heterocycles. The van der Waals surface area contributed by atoms with Crippen molar-refractivity contribution >= 4 is 17.5 Å². The molecule has 0 aliphatic carbocycles. The van der Waals surface area contributed by atoms with E-state index in [1.807, 2.05) is 35.2 Å². The Morgan fingerprint density at radius 2 is 1.72 bits per heavy atom. The Morgan fingerprint density at radius 3 is 2.56 bits per heavy atom. The highest BCUT2D eigenvalue weighted by Crippen LogP contribution is 2.35. The van der Waals surface area contributed by atoms with E-state index in [0.717, 1.165) is 36.4 Å². The molecular weight excluding hydrogens is 450 g/mol. The molecule has 0 spiro atoms. The van der Waals surface area contributed by atoms with E-state index < -0.39 is 6.17 Å². The number of rotatable bonds is 6. The van der Waals surface area contributed by atoms with Gasteiger partial charge in [0.05, 0.1) is 17.8 Å². The van der Waals surface area contributed by atoms with Crippen LogP contribution in [0.2, 0.25) is 0 Å². The summed E-state index contributed by atoms with van der Waals surface area (Å²) < 4.78 is 5.97. The normalized spacial score (nSPS) is 18.9. The van der Waals surface area contributed by atoms with Gasteiger partial charge in [-0.1, -0.05) is 60.7 Å². The van der Waals surface area contributed by atoms with Crippen molar-refractivity contribution in [1.29, 1.82) is 0 Å². The molecule has 4 aromatic rings. The Kier molecular flexibility index (Phi) is 5.79. The third kappa shape index (κ3) is 4.27. The van der Waals surface area contributed by atoms with Gasteiger partial charge in [-0.15, -0.1) is 0 Å². The number of fused-ring (bicyclic) bond motifs is 2. The molecule has 182 valence electrons. The van der Waals surface area contributed by atoms with Crippen molar-refractivity contribution in [3.05, 3.63) is 107 Å². The summed E-state index contributed by atoms with van der Waals surface area (Å²) in [5.41, 5.74) is 18.8. The van der Waals surface area contributed by atoms with Crippen LogP contribution in [0.15, 0.2) is 90.1 Å². The number of anilines is 1. The van der Waals surface area contributed by atoms with Gasteiger partial charge in [-0.3, -0.25) is 5.10 Å². The van der Waals surface area contributed by atoms with E-state index in [0.29, 0.717) is 18.4 Å². The summed E-state index contributed by atoms with van der Waals surface area (Å²) in [4.78, 5) is 8.94. The standard InChI is InChI=1S/C28H29N7O/c29-26-24-15-31-33-27(24)32-28(30)35(26)22-14-21-8-4-5-9-25(21)34(17-22)16-19-10-12-23(13-11-19)36-18-20-6-2-1-3-7-20/h1-13,15,22,26H,14,16-18,29H2,(H3,30,31,32,33). The molecule has 0 saturated heterocycles. The first kappa shape index (κ1) is 22.2.